The normalized spacial score (nSPS) is 10.2. The summed E-state index contributed by atoms with van der Waals surface area (Å²) in [5.74, 6) is 0.926. The summed E-state index contributed by atoms with van der Waals surface area (Å²) in [5.41, 5.74) is 2.34. The fraction of sp³-hybridized carbons (Fsp3) is 0.538. The van der Waals surface area contributed by atoms with E-state index in [-0.39, 0.29) is 0 Å². The Morgan fingerprint density at radius 1 is 1.19 bits per heavy atom. The molecule has 3 heteroatoms. The molecule has 16 heavy (non-hydrogen) atoms. The zero-order valence-electron chi connectivity index (χ0n) is 10.4. The van der Waals surface area contributed by atoms with Crippen molar-refractivity contribution in [2.45, 2.75) is 20.8 Å². The first-order valence-corrected chi connectivity index (χ1v) is 5.83. The molecule has 1 N–H and O–H groups in total. The molecule has 3 nitrogen and oxygen atoms in total. The van der Waals surface area contributed by atoms with Crippen LogP contribution >= 0.6 is 0 Å². The molecule has 0 amide bonds. The molecule has 90 valence electrons. The van der Waals surface area contributed by atoms with Gasteiger partial charge in [-0.1, -0.05) is 0 Å². The predicted octanol–water partition coefficient (Wildman–Crippen LogP) is 2.84. The fourth-order valence-electron chi connectivity index (χ4n) is 1.49. The molecule has 1 rings (SSSR count). The van der Waals surface area contributed by atoms with Crippen LogP contribution in [0.4, 0.5) is 5.69 Å². The van der Waals surface area contributed by atoms with Crippen molar-refractivity contribution in [1.29, 1.82) is 0 Å². The van der Waals surface area contributed by atoms with Crippen molar-refractivity contribution in [3.63, 3.8) is 0 Å². The van der Waals surface area contributed by atoms with Crippen LogP contribution in [0, 0.1) is 6.92 Å². The molecule has 0 aliphatic carbocycles. The maximum absolute atomic E-state index is 5.43. The minimum atomic E-state index is 0.705. The van der Waals surface area contributed by atoms with Gasteiger partial charge in [-0.05, 0) is 44.5 Å². The van der Waals surface area contributed by atoms with E-state index in [1.165, 1.54) is 5.56 Å². The van der Waals surface area contributed by atoms with E-state index in [2.05, 4.69) is 12.2 Å². The van der Waals surface area contributed by atoms with Crippen LogP contribution < -0.4 is 10.1 Å². The summed E-state index contributed by atoms with van der Waals surface area (Å²) in [4.78, 5) is 0. The third-order valence-electron chi connectivity index (χ3n) is 2.27. The van der Waals surface area contributed by atoms with Crippen LogP contribution in [-0.2, 0) is 4.74 Å². The van der Waals surface area contributed by atoms with Crippen molar-refractivity contribution < 1.29 is 9.47 Å². The maximum Gasteiger partial charge on any atom is 0.119 e. The van der Waals surface area contributed by atoms with Gasteiger partial charge in [-0.2, -0.15) is 0 Å². The van der Waals surface area contributed by atoms with Gasteiger partial charge in [0.05, 0.1) is 13.2 Å². The van der Waals surface area contributed by atoms with Crippen molar-refractivity contribution >= 4 is 5.69 Å². The molecule has 0 spiro atoms. The Kier molecular flexibility index (Phi) is 5.72. The van der Waals surface area contributed by atoms with Crippen LogP contribution in [0.3, 0.4) is 0 Å². The lowest BCUT2D eigenvalue weighted by molar-refractivity contribution is 0.158. The van der Waals surface area contributed by atoms with E-state index in [4.69, 9.17) is 9.47 Å². The van der Waals surface area contributed by atoms with E-state index >= 15 is 0 Å². The highest BCUT2D eigenvalue weighted by atomic mass is 16.5. The average Bonchev–Trinajstić information content (AvgIpc) is 2.27. The summed E-state index contributed by atoms with van der Waals surface area (Å²) >= 11 is 0. The van der Waals surface area contributed by atoms with Crippen molar-refractivity contribution in [1.82, 2.24) is 0 Å². The molecule has 0 radical (unpaired) electrons. The molecule has 1 aromatic carbocycles. The topological polar surface area (TPSA) is 30.5 Å². The van der Waals surface area contributed by atoms with Gasteiger partial charge >= 0.3 is 0 Å². The number of rotatable bonds is 7. The summed E-state index contributed by atoms with van der Waals surface area (Å²) in [6, 6.07) is 6.08. The second-order valence-electron chi connectivity index (χ2n) is 3.53. The maximum atomic E-state index is 5.43. The molecule has 0 aliphatic heterocycles. The van der Waals surface area contributed by atoms with Crippen LogP contribution in [0.2, 0.25) is 0 Å². The van der Waals surface area contributed by atoms with Crippen molar-refractivity contribution in [3.8, 4) is 5.75 Å². The summed E-state index contributed by atoms with van der Waals surface area (Å²) < 4.78 is 10.7. The van der Waals surface area contributed by atoms with Crippen molar-refractivity contribution in [2.75, 3.05) is 31.7 Å². The SMILES string of the molecule is CCOCCNc1ccc(OCC)cc1C. The standard InChI is InChI=1S/C13H21NO2/c1-4-15-9-8-14-13-7-6-12(16-5-2)10-11(13)3/h6-7,10,14H,4-5,8-9H2,1-3H3. The molecule has 0 atom stereocenters. The van der Waals surface area contributed by atoms with Gasteiger partial charge in [0.1, 0.15) is 5.75 Å². The minimum absolute atomic E-state index is 0.705. The van der Waals surface area contributed by atoms with Gasteiger partial charge in [-0.3, -0.25) is 0 Å². The van der Waals surface area contributed by atoms with Crippen molar-refractivity contribution in [2.24, 2.45) is 0 Å². The monoisotopic (exact) mass is 223 g/mol. The quantitative estimate of drug-likeness (QED) is 0.721. The number of ether oxygens (including phenoxy) is 2. The Bertz CT molecular complexity index is 313. The predicted molar refractivity (Wildman–Crippen MR) is 67.3 cm³/mol. The van der Waals surface area contributed by atoms with Gasteiger partial charge < -0.3 is 14.8 Å². The number of anilines is 1. The van der Waals surface area contributed by atoms with E-state index in [1.54, 1.807) is 0 Å². The minimum Gasteiger partial charge on any atom is -0.494 e. The first-order chi connectivity index (χ1) is 7.77. The molecular weight excluding hydrogens is 202 g/mol. The Hall–Kier alpha value is -1.22. The van der Waals surface area contributed by atoms with E-state index in [1.807, 2.05) is 32.0 Å². The van der Waals surface area contributed by atoms with Gasteiger partial charge in [-0.25, -0.2) is 0 Å². The third-order valence-corrected chi connectivity index (χ3v) is 2.27. The second-order valence-corrected chi connectivity index (χ2v) is 3.53. The molecule has 0 unspecified atom stereocenters. The molecule has 0 bridgehead atoms. The molecule has 0 saturated heterocycles. The number of hydrogen-bond donors (Lipinski definition) is 1. The summed E-state index contributed by atoms with van der Waals surface area (Å²) in [7, 11) is 0. The molecule has 0 fully saturated rings. The van der Waals surface area contributed by atoms with E-state index in [9.17, 15) is 0 Å². The largest absolute Gasteiger partial charge is 0.494 e. The Labute approximate surface area is 97.8 Å². The van der Waals surface area contributed by atoms with E-state index < -0.39 is 0 Å². The second kappa shape index (κ2) is 7.12. The van der Waals surface area contributed by atoms with Crippen LogP contribution in [0.25, 0.3) is 0 Å². The molecule has 1 aromatic rings. The first kappa shape index (κ1) is 12.8. The summed E-state index contributed by atoms with van der Waals surface area (Å²) in [6.07, 6.45) is 0. The van der Waals surface area contributed by atoms with Crippen molar-refractivity contribution in [3.05, 3.63) is 23.8 Å². The lowest BCUT2D eigenvalue weighted by atomic mass is 10.2. The lowest BCUT2D eigenvalue weighted by Crippen LogP contribution is -2.10. The number of hydrogen-bond acceptors (Lipinski definition) is 3. The first-order valence-electron chi connectivity index (χ1n) is 5.83. The zero-order valence-corrected chi connectivity index (χ0v) is 10.4. The molecular formula is C13H21NO2. The third kappa shape index (κ3) is 4.11. The highest BCUT2D eigenvalue weighted by Crippen LogP contribution is 2.20. The lowest BCUT2D eigenvalue weighted by Gasteiger charge is -2.11. The number of benzene rings is 1. The zero-order chi connectivity index (χ0) is 11.8. The van der Waals surface area contributed by atoms with Gasteiger partial charge in [0.2, 0.25) is 0 Å². The molecule has 0 aromatic heterocycles. The van der Waals surface area contributed by atoms with Crippen LogP contribution in [0.1, 0.15) is 19.4 Å². The van der Waals surface area contributed by atoms with E-state index in [0.717, 1.165) is 31.2 Å². The molecule has 0 aliphatic rings. The van der Waals surface area contributed by atoms with Gasteiger partial charge in [0.25, 0.3) is 0 Å². The molecule has 0 heterocycles. The number of nitrogens with one attached hydrogen (secondary N) is 1. The summed E-state index contributed by atoms with van der Waals surface area (Å²) in [6.45, 7) is 9.11. The number of aryl methyl sites for hydroxylation is 1. The van der Waals surface area contributed by atoms with E-state index in [0.29, 0.717) is 6.61 Å². The molecule has 0 saturated carbocycles. The fourth-order valence-corrected chi connectivity index (χ4v) is 1.49. The van der Waals surface area contributed by atoms with Gasteiger partial charge in [-0.15, -0.1) is 0 Å². The highest BCUT2D eigenvalue weighted by Gasteiger charge is 1.99. The van der Waals surface area contributed by atoms with Crippen LogP contribution in [-0.4, -0.2) is 26.4 Å². The Morgan fingerprint density at radius 3 is 2.62 bits per heavy atom. The average molecular weight is 223 g/mol. The smallest absolute Gasteiger partial charge is 0.119 e. The Balaban J connectivity index is 2.47. The van der Waals surface area contributed by atoms with Crippen LogP contribution in [0.5, 0.6) is 5.75 Å². The van der Waals surface area contributed by atoms with Gasteiger partial charge in [0.15, 0.2) is 0 Å². The van der Waals surface area contributed by atoms with Crippen LogP contribution in [0.15, 0.2) is 18.2 Å². The Morgan fingerprint density at radius 2 is 2.00 bits per heavy atom. The highest BCUT2D eigenvalue weighted by molar-refractivity contribution is 5.53. The van der Waals surface area contributed by atoms with Gasteiger partial charge in [0, 0.05) is 18.8 Å². The summed E-state index contributed by atoms with van der Waals surface area (Å²) in [5, 5.41) is 3.34.